The first-order valence-corrected chi connectivity index (χ1v) is 16.5. The monoisotopic (exact) mass is 563 g/mol. The van der Waals surface area contributed by atoms with Crippen LogP contribution in [0.1, 0.15) is 44.6 Å². The Morgan fingerprint density at radius 2 is 1.44 bits per heavy atom. The number of nitrogens with one attached hydrogen (secondary N) is 1. The van der Waals surface area contributed by atoms with Gasteiger partial charge in [-0.2, -0.15) is 0 Å². The maximum absolute atomic E-state index is 13.2. The van der Waals surface area contributed by atoms with E-state index in [1.165, 1.54) is 6.26 Å². The predicted molar refractivity (Wildman–Crippen MR) is 157 cm³/mol. The zero-order valence-electron chi connectivity index (χ0n) is 22.9. The number of benzene rings is 3. The van der Waals surface area contributed by atoms with E-state index in [4.69, 9.17) is 8.84 Å². The molecule has 0 aliphatic carbocycles. The lowest BCUT2D eigenvalue weighted by molar-refractivity contribution is 0.0856. The summed E-state index contributed by atoms with van der Waals surface area (Å²) in [7, 11) is -6.71. The molecule has 0 amide bonds. The van der Waals surface area contributed by atoms with Crippen molar-refractivity contribution in [3.8, 4) is 0 Å². The number of hydrogen-bond acceptors (Lipinski definition) is 5. The lowest BCUT2D eigenvalue weighted by Gasteiger charge is -2.43. The van der Waals surface area contributed by atoms with Gasteiger partial charge in [-0.25, -0.2) is 13.1 Å². The van der Waals surface area contributed by atoms with Gasteiger partial charge in [0.1, 0.15) is 5.76 Å². The molecule has 39 heavy (non-hydrogen) atoms. The molecule has 4 rings (SSSR count). The van der Waals surface area contributed by atoms with Crippen LogP contribution >= 0.6 is 0 Å². The van der Waals surface area contributed by atoms with Crippen LogP contribution in [-0.4, -0.2) is 34.6 Å². The molecule has 6 nitrogen and oxygen atoms in total. The Kier molecular flexibility index (Phi) is 8.93. The lowest BCUT2D eigenvalue weighted by Crippen LogP contribution is -2.67. The lowest BCUT2D eigenvalue weighted by atomic mass is 10.1. The summed E-state index contributed by atoms with van der Waals surface area (Å²) in [6.07, 6.45) is 0.618. The van der Waals surface area contributed by atoms with Gasteiger partial charge in [0.05, 0.1) is 29.9 Å². The van der Waals surface area contributed by atoms with Gasteiger partial charge in [0.2, 0.25) is 10.0 Å². The van der Waals surface area contributed by atoms with Crippen LogP contribution in [0.25, 0.3) is 0 Å². The number of hydrogen-bond donors (Lipinski definition) is 2. The van der Waals surface area contributed by atoms with E-state index in [2.05, 4.69) is 49.8 Å². The van der Waals surface area contributed by atoms with E-state index < -0.39 is 30.5 Å². The Labute approximate surface area is 232 Å². The van der Waals surface area contributed by atoms with Gasteiger partial charge < -0.3 is 13.9 Å². The van der Waals surface area contributed by atoms with E-state index in [0.29, 0.717) is 5.76 Å². The summed E-state index contributed by atoms with van der Waals surface area (Å²) in [5, 5.41) is 13.2. The summed E-state index contributed by atoms with van der Waals surface area (Å²) in [5.41, 5.74) is 0.965. The molecule has 0 spiro atoms. The summed E-state index contributed by atoms with van der Waals surface area (Å²) in [4.78, 5) is 0.155. The van der Waals surface area contributed by atoms with Crippen LogP contribution < -0.4 is 15.1 Å². The number of rotatable bonds is 11. The highest BCUT2D eigenvalue weighted by Crippen LogP contribution is 2.37. The molecule has 3 aromatic carbocycles. The first-order chi connectivity index (χ1) is 18.5. The fourth-order valence-electron chi connectivity index (χ4n) is 5.01. The molecule has 4 aromatic rings. The summed E-state index contributed by atoms with van der Waals surface area (Å²) in [6, 6.07) is 29.7. The second-order valence-corrected chi connectivity index (χ2v) is 16.9. The first-order valence-electron chi connectivity index (χ1n) is 13.1. The molecule has 0 radical (unpaired) electrons. The number of furan rings is 1. The van der Waals surface area contributed by atoms with Crippen molar-refractivity contribution in [1.29, 1.82) is 0 Å². The van der Waals surface area contributed by atoms with E-state index in [-0.39, 0.29) is 23.0 Å². The second kappa shape index (κ2) is 12.0. The Balaban J connectivity index is 1.60. The van der Waals surface area contributed by atoms with Gasteiger partial charge in [0.25, 0.3) is 8.32 Å². The van der Waals surface area contributed by atoms with Crippen LogP contribution in [0.4, 0.5) is 0 Å². The topological polar surface area (TPSA) is 88.8 Å². The Morgan fingerprint density at radius 1 is 0.872 bits per heavy atom. The highest BCUT2D eigenvalue weighted by Gasteiger charge is 2.50. The normalized spacial score (nSPS) is 14.2. The van der Waals surface area contributed by atoms with E-state index in [9.17, 15) is 13.5 Å². The minimum absolute atomic E-state index is 0.0384. The largest absolute Gasteiger partial charge is 0.468 e. The van der Waals surface area contributed by atoms with Crippen molar-refractivity contribution in [1.82, 2.24) is 4.72 Å². The molecule has 0 aliphatic heterocycles. The molecule has 0 aliphatic rings. The summed E-state index contributed by atoms with van der Waals surface area (Å²) >= 11 is 0. The van der Waals surface area contributed by atoms with Crippen molar-refractivity contribution in [2.45, 2.75) is 56.2 Å². The fraction of sp³-hybridized carbons (Fsp3) is 0.290. The second-order valence-electron chi connectivity index (χ2n) is 10.9. The van der Waals surface area contributed by atoms with E-state index in [0.717, 1.165) is 15.9 Å². The quantitative estimate of drug-likeness (QED) is 0.253. The maximum Gasteiger partial charge on any atom is 0.261 e. The standard InChI is InChI=1S/C31H37NO5SSi/c1-24-17-19-26(20-18-24)38(34,35)32-29(30-16-11-21-36-30)22-25(33)23-37-39(31(2,3)4,27-12-7-5-8-13-27)28-14-9-6-10-15-28/h5-21,25,29,32-33H,22-23H2,1-4H3/t25-,29-/m1/s1. The van der Waals surface area contributed by atoms with E-state index in [1.807, 2.05) is 43.3 Å². The Morgan fingerprint density at radius 3 is 1.92 bits per heavy atom. The average molecular weight is 564 g/mol. The summed E-state index contributed by atoms with van der Waals surface area (Å²) in [5.74, 6) is 0.426. The van der Waals surface area contributed by atoms with Gasteiger partial charge in [-0.05, 0) is 53.0 Å². The zero-order valence-corrected chi connectivity index (χ0v) is 24.7. The van der Waals surface area contributed by atoms with Crippen LogP contribution in [0.5, 0.6) is 0 Å². The molecule has 8 heteroatoms. The third-order valence-corrected chi connectivity index (χ3v) is 13.4. The number of aliphatic hydroxyl groups excluding tert-OH is 1. The van der Waals surface area contributed by atoms with E-state index >= 15 is 0 Å². The van der Waals surface area contributed by atoms with Gasteiger partial charge in [0.15, 0.2) is 0 Å². The van der Waals surface area contributed by atoms with Gasteiger partial charge in [-0.1, -0.05) is 99.1 Å². The van der Waals surface area contributed by atoms with Crippen LogP contribution in [-0.2, 0) is 14.4 Å². The molecule has 0 saturated heterocycles. The Hall–Kier alpha value is -3.01. The molecule has 2 N–H and O–H groups in total. The minimum atomic E-state index is -3.85. The number of sulfonamides is 1. The van der Waals surface area contributed by atoms with Crippen molar-refractivity contribution >= 4 is 28.7 Å². The van der Waals surface area contributed by atoms with Gasteiger partial charge in [-0.3, -0.25) is 0 Å². The van der Waals surface area contributed by atoms with Crippen molar-refractivity contribution in [3.05, 3.63) is 115 Å². The van der Waals surface area contributed by atoms with Gasteiger partial charge in [-0.15, -0.1) is 0 Å². The predicted octanol–water partition coefficient (Wildman–Crippen LogP) is 4.94. The number of aliphatic hydroxyl groups is 1. The van der Waals surface area contributed by atoms with Gasteiger partial charge >= 0.3 is 0 Å². The molecule has 0 unspecified atom stereocenters. The molecule has 1 aromatic heterocycles. The average Bonchev–Trinajstić information content (AvgIpc) is 3.45. The van der Waals surface area contributed by atoms with Crippen LogP contribution in [0.15, 0.2) is 113 Å². The molecule has 1 heterocycles. The van der Waals surface area contributed by atoms with Crippen LogP contribution in [0.3, 0.4) is 0 Å². The van der Waals surface area contributed by atoms with E-state index in [1.54, 1.807) is 36.4 Å². The molecular weight excluding hydrogens is 526 g/mol. The first kappa shape index (κ1) is 29.0. The van der Waals surface area contributed by atoms with Gasteiger partial charge in [0, 0.05) is 0 Å². The molecule has 2 atom stereocenters. The smallest absolute Gasteiger partial charge is 0.261 e. The molecule has 206 valence electrons. The van der Waals surface area contributed by atoms with Crippen molar-refractivity contribution < 1.29 is 22.4 Å². The van der Waals surface area contributed by atoms with Crippen LogP contribution in [0, 0.1) is 6.92 Å². The summed E-state index contributed by atoms with van der Waals surface area (Å²) < 4.78 is 41.5. The zero-order chi connectivity index (χ0) is 28.1. The van der Waals surface area contributed by atoms with Crippen LogP contribution in [0.2, 0.25) is 5.04 Å². The number of aryl methyl sites for hydroxylation is 1. The maximum atomic E-state index is 13.2. The SMILES string of the molecule is Cc1ccc(S(=O)(=O)N[C@H](C[C@@H](O)CO[Si](c2ccccc2)(c2ccccc2)C(C)(C)C)c2ccco2)cc1. The highest BCUT2D eigenvalue weighted by molar-refractivity contribution is 7.89. The Bertz CT molecular complexity index is 1380. The highest BCUT2D eigenvalue weighted by atomic mass is 32.2. The van der Waals surface area contributed by atoms with Crippen molar-refractivity contribution in [2.24, 2.45) is 0 Å². The third-order valence-electron chi connectivity index (χ3n) is 6.93. The third kappa shape index (κ3) is 6.59. The molecule has 0 bridgehead atoms. The molecule has 0 saturated carbocycles. The summed E-state index contributed by atoms with van der Waals surface area (Å²) in [6.45, 7) is 8.46. The molecule has 0 fully saturated rings. The van der Waals surface area contributed by atoms with Crippen molar-refractivity contribution in [2.75, 3.05) is 6.61 Å². The fourth-order valence-corrected chi connectivity index (χ4v) is 10.8. The minimum Gasteiger partial charge on any atom is -0.468 e. The van der Waals surface area contributed by atoms with Crippen molar-refractivity contribution in [3.63, 3.8) is 0 Å². The molecular formula is C31H37NO5SSi.